The van der Waals surface area contributed by atoms with Crippen LogP contribution in [-0.4, -0.2) is 29.4 Å². The standard InChI is InChI=1S/C10H17N3O2/c1-14-9-4-2-3-8(5-9)11-6-10-12-7-15-13-10/h7-9,11H,2-6H2,1H3. The molecule has 1 aliphatic carbocycles. The fraction of sp³-hybridized carbons (Fsp3) is 0.800. The van der Waals surface area contributed by atoms with E-state index in [1.807, 2.05) is 0 Å². The zero-order valence-corrected chi connectivity index (χ0v) is 8.98. The van der Waals surface area contributed by atoms with Crippen molar-refractivity contribution in [1.29, 1.82) is 0 Å². The van der Waals surface area contributed by atoms with Gasteiger partial charge in [-0.1, -0.05) is 5.16 Å². The lowest BCUT2D eigenvalue weighted by atomic mass is 9.93. The molecule has 0 amide bonds. The molecule has 0 radical (unpaired) electrons. The van der Waals surface area contributed by atoms with Crippen LogP contribution < -0.4 is 5.32 Å². The minimum atomic E-state index is 0.404. The van der Waals surface area contributed by atoms with Crippen molar-refractivity contribution in [2.24, 2.45) is 0 Å². The maximum Gasteiger partial charge on any atom is 0.213 e. The van der Waals surface area contributed by atoms with E-state index in [9.17, 15) is 0 Å². The number of rotatable bonds is 4. The summed E-state index contributed by atoms with van der Waals surface area (Å²) in [6.07, 6.45) is 6.45. The molecule has 5 nitrogen and oxygen atoms in total. The summed E-state index contributed by atoms with van der Waals surface area (Å²) in [4.78, 5) is 3.97. The maximum absolute atomic E-state index is 5.37. The summed E-state index contributed by atoms with van der Waals surface area (Å²) in [5.74, 6) is 0.717. The van der Waals surface area contributed by atoms with Crippen LogP contribution in [0.25, 0.3) is 0 Å². The number of ether oxygens (including phenoxy) is 1. The molecule has 1 heterocycles. The van der Waals surface area contributed by atoms with Crippen molar-refractivity contribution in [3.8, 4) is 0 Å². The highest BCUT2D eigenvalue weighted by molar-refractivity contribution is 4.82. The van der Waals surface area contributed by atoms with Gasteiger partial charge in [0.25, 0.3) is 0 Å². The lowest BCUT2D eigenvalue weighted by Crippen LogP contribution is -2.36. The molecule has 5 heteroatoms. The summed E-state index contributed by atoms with van der Waals surface area (Å²) in [7, 11) is 1.78. The van der Waals surface area contributed by atoms with Gasteiger partial charge >= 0.3 is 0 Å². The van der Waals surface area contributed by atoms with Crippen LogP contribution in [0.1, 0.15) is 31.5 Å². The third kappa shape index (κ3) is 3.00. The Morgan fingerprint density at radius 3 is 3.27 bits per heavy atom. The fourth-order valence-corrected chi connectivity index (χ4v) is 2.05. The van der Waals surface area contributed by atoms with Crippen LogP contribution in [0.2, 0.25) is 0 Å². The van der Waals surface area contributed by atoms with Crippen molar-refractivity contribution in [2.75, 3.05) is 7.11 Å². The first-order valence-corrected chi connectivity index (χ1v) is 5.40. The second kappa shape index (κ2) is 5.23. The van der Waals surface area contributed by atoms with Gasteiger partial charge in [-0.15, -0.1) is 0 Å². The maximum atomic E-state index is 5.37. The monoisotopic (exact) mass is 211 g/mol. The van der Waals surface area contributed by atoms with Gasteiger partial charge in [0.15, 0.2) is 5.82 Å². The van der Waals surface area contributed by atoms with E-state index in [0.29, 0.717) is 18.7 Å². The van der Waals surface area contributed by atoms with E-state index >= 15 is 0 Å². The van der Waals surface area contributed by atoms with E-state index in [1.54, 1.807) is 7.11 Å². The quantitative estimate of drug-likeness (QED) is 0.808. The van der Waals surface area contributed by atoms with Gasteiger partial charge in [-0.2, -0.15) is 4.98 Å². The Hall–Kier alpha value is -0.940. The molecule has 1 saturated carbocycles. The second-order valence-electron chi connectivity index (χ2n) is 3.95. The number of nitrogens with zero attached hydrogens (tertiary/aromatic N) is 2. The first-order valence-electron chi connectivity index (χ1n) is 5.40. The topological polar surface area (TPSA) is 60.2 Å². The van der Waals surface area contributed by atoms with Crippen LogP contribution in [0.15, 0.2) is 10.9 Å². The molecule has 2 unspecified atom stereocenters. The van der Waals surface area contributed by atoms with E-state index < -0.39 is 0 Å². The Morgan fingerprint density at radius 1 is 1.60 bits per heavy atom. The van der Waals surface area contributed by atoms with Crippen LogP contribution in [0.4, 0.5) is 0 Å². The molecule has 0 aliphatic heterocycles. The SMILES string of the molecule is COC1CCCC(NCc2ncon2)C1. The Morgan fingerprint density at radius 2 is 2.53 bits per heavy atom. The van der Waals surface area contributed by atoms with Gasteiger partial charge in [-0.05, 0) is 25.7 Å². The Balaban J connectivity index is 1.74. The summed E-state index contributed by atoms with van der Waals surface area (Å²) >= 11 is 0. The number of aromatic nitrogens is 2. The predicted octanol–water partition coefficient (Wildman–Crippen LogP) is 1.12. The fourth-order valence-electron chi connectivity index (χ4n) is 2.05. The number of hydrogen-bond donors (Lipinski definition) is 1. The molecule has 1 aliphatic rings. The van der Waals surface area contributed by atoms with E-state index in [0.717, 1.165) is 12.2 Å². The molecule has 0 spiro atoms. The summed E-state index contributed by atoms with van der Waals surface area (Å²) in [5, 5.41) is 7.18. The first kappa shape index (κ1) is 10.6. The van der Waals surface area contributed by atoms with Crippen molar-refractivity contribution < 1.29 is 9.26 Å². The average molecular weight is 211 g/mol. The predicted molar refractivity (Wildman–Crippen MR) is 54.2 cm³/mol. The van der Waals surface area contributed by atoms with Crippen molar-refractivity contribution >= 4 is 0 Å². The van der Waals surface area contributed by atoms with E-state index in [2.05, 4.69) is 20.0 Å². The van der Waals surface area contributed by atoms with Gasteiger partial charge in [0.1, 0.15) is 0 Å². The van der Waals surface area contributed by atoms with Gasteiger partial charge in [0, 0.05) is 13.2 Å². The van der Waals surface area contributed by atoms with Gasteiger partial charge in [0.05, 0.1) is 12.6 Å². The molecular weight excluding hydrogens is 194 g/mol. The lowest BCUT2D eigenvalue weighted by Gasteiger charge is -2.28. The molecule has 1 aromatic rings. The molecule has 15 heavy (non-hydrogen) atoms. The van der Waals surface area contributed by atoms with Crippen LogP contribution in [0.3, 0.4) is 0 Å². The van der Waals surface area contributed by atoms with Crippen LogP contribution in [0, 0.1) is 0 Å². The van der Waals surface area contributed by atoms with Crippen molar-refractivity contribution in [1.82, 2.24) is 15.5 Å². The van der Waals surface area contributed by atoms with Crippen LogP contribution in [-0.2, 0) is 11.3 Å². The van der Waals surface area contributed by atoms with Crippen LogP contribution >= 0.6 is 0 Å². The largest absolute Gasteiger partial charge is 0.381 e. The lowest BCUT2D eigenvalue weighted by molar-refractivity contribution is 0.0585. The zero-order chi connectivity index (χ0) is 10.5. The molecule has 84 valence electrons. The second-order valence-corrected chi connectivity index (χ2v) is 3.95. The first-order chi connectivity index (χ1) is 7.38. The summed E-state index contributed by atoms with van der Waals surface area (Å²) in [5.41, 5.74) is 0. The molecule has 1 N–H and O–H groups in total. The Bertz CT molecular complexity index is 276. The highest BCUT2D eigenvalue weighted by Gasteiger charge is 2.21. The summed E-state index contributed by atoms with van der Waals surface area (Å²) < 4.78 is 10.0. The summed E-state index contributed by atoms with van der Waals surface area (Å²) in [6, 6.07) is 0.516. The van der Waals surface area contributed by atoms with Gasteiger partial charge in [-0.3, -0.25) is 0 Å². The highest BCUT2D eigenvalue weighted by atomic mass is 16.5. The van der Waals surface area contributed by atoms with E-state index in [1.165, 1.54) is 25.7 Å². The normalized spacial score (nSPS) is 26.7. The third-order valence-corrected chi connectivity index (χ3v) is 2.92. The minimum Gasteiger partial charge on any atom is -0.381 e. The minimum absolute atomic E-state index is 0.404. The average Bonchev–Trinajstić information content (AvgIpc) is 2.79. The number of methoxy groups -OCH3 is 1. The van der Waals surface area contributed by atoms with Crippen molar-refractivity contribution in [3.05, 3.63) is 12.2 Å². The third-order valence-electron chi connectivity index (χ3n) is 2.92. The Labute approximate surface area is 89.2 Å². The number of nitrogens with one attached hydrogen (secondary N) is 1. The van der Waals surface area contributed by atoms with Crippen LogP contribution in [0.5, 0.6) is 0 Å². The van der Waals surface area contributed by atoms with E-state index in [-0.39, 0.29) is 0 Å². The zero-order valence-electron chi connectivity index (χ0n) is 8.98. The molecule has 0 saturated heterocycles. The van der Waals surface area contributed by atoms with Gasteiger partial charge < -0.3 is 14.6 Å². The van der Waals surface area contributed by atoms with Crippen molar-refractivity contribution in [3.63, 3.8) is 0 Å². The number of hydrogen-bond acceptors (Lipinski definition) is 5. The molecule has 2 atom stereocenters. The smallest absolute Gasteiger partial charge is 0.213 e. The van der Waals surface area contributed by atoms with Gasteiger partial charge in [-0.25, -0.2) is 0 Å². The molecule has 0 aromatic carbocycles. The van der Waals surface area contributed by atoms with E-state index in [4.69, 9.17) is 4.74 Å². The van der Waals surface area contributed by atoms with Gasteiger partial charge in [0.2, 0.25) is 6.39 Å². The summed E-state index contributed by atoms with van der Waals surface area (Å²) in [6.45, 7) is 0.678. The van der Waals surface area contributed by atoms with Crippen molar-refractivity contribution in [2.45, 2.75) is 44.4 Å². The molecule has 1 aromatic heterocycles. The molecule has 2 rings (SSSR count). The Kier molecular flexibility index (Phi) is 3.69. The molecule has 1 fully saturated rings. The molecule has 0 bridgehead atoms. The highest BCUT2D eigenvalue weighted by Crippen LogP contribution is 2.20. The molecular formula is C10H17N3O2.